The molecule has 0 spiro atoms. The van der Waals surface area contributed by atoms with Crippen molar-refractivity contribution in [3.8, 4) is 11.5 Å². The first-order valence-electron chi connectivity index (χ1n) is 8.51. The van der Waals surface area contributed by atoms with Crippen LogP contribution in [0.15, 0.2) is 42.7 Å². The van der Waals surface area contributed by atoms with Gasteiger partial charge in [0, 0.05) is 50.8 Å². The number of rotatable bonds is 4. The summed E-state index contributed by atoms with van der Waals surface area (Å²) in [6, 6.07) is 9.45. The van der Waals surface area contributed by atoms with Gasteiger partial charge in [-0.25, -0.2) is 4.79 Å². The standard InChI is InChI=1S/C18H20N4O4/c23-18(20-15-3-5-19-6-4-15)26-22-9-7-21(8-10-22)12-14-1-2-16-17(11-14)25-13-24-16/h1-6,11H,7-10,12-13H2,(H,19,20,23). The van der Waals surface area contributed by atoms with Gasteiger partial charge in [-0.2, -0.15) is 0 Å². The maximum Gasteiger partial charge on any atom is 0.430 e. The maximum absolute atomic E-state index is 11.9. The van der Waals surface area contributed by atoms with Crippen molar-refractivity contribution in [2.45, 2.75) is 6.54 Å². The molecule has 8 nitrogen and oxygen atoms in total. The summed E-state index contributed by atoms with van der Waals surface area (Å²) in [6.07, 6.45) is 2.75. The predicted octanol–water partition coefficient (Wildman–Crippen LogP) is 2.09. The average molecular weight is 356 g/mol. The molecule has 3 heterocycles. The van der Waals surface area contributed by atoms with Gasteiger partial charge in [-0.05, 0) is 29.8 Å². The van der Waals surface area contributed by atoms with Crippen LogP contribution in [-0.4, -0.2) is 54.0 Å². The summed E-state index contributed by atoms with van der Waals surface area (Å²) in [5.41, 5.74) is 1.84. The van der Waals surface area contributed by atoms with Crippen LogP contribution in [0.4, 0.5) is 10.5 Å². The molecule has 0 bridgehead atoms. The molecule has 2 aliphatic heterocycles. The van der Waals surface area contributed by atoms with Crippen LogP contribution in [0.25, 0.3) is 0 Å². The Morgan fingerprint density at radius 1 is 1.08 bits per heavy atom. The molecular formula is C18H20N4O4. The van der Waals surface area contributed by atoms with Gasteiger partial charge >= 0.3 is 6.09 Å². The first-order valence-corrected chi connectivity index (χ1v) is 8.51. The number of hydrogen-bond donors (Lipinski definition) is 1. The quantitative estimate of drug-likeness (QED) is 0.899. The monoisotopic (exact) mass is 356 g/mol. The van der Waals surface area contributed by atoms with Crippen molar-refractivity contribution in [3.05, 3.63) is 48.3 Å². The topological polar surface area (TPSA) is 76.2 Å². The first kappa shape index (κ1) is 16.6. The molecule has 0 unspecified atom stereocenters. The lowest BCUT2D eigenvalue weighted by Gasteiger charge is -2.33. The van der Waals surface area contributed by atoms with E-state index in [4.69, 9.17) is 14.3 Å². The van der Waals surface area contributed by atoms with Crippen LogP contribution < -0.4 is 14.8 Å². The number of piperazine rings is 1. The van der Waals surface area contributed by atoms with E-state index in [1.165, 1.54) is 5.56 Å². The minimum absolute atomic E-state index is 0.288. The van der Waals surface area contributed by atoms with Gasteiger partial charge in [0.15, 0.2) is 11.5 Å². The zero-order chi connectivity index (χ0) is 17.8. The zero-order valence-electron chi connectivity index (χ0n) is 14.3. The fourth-order valence-corrected chi connectivity index (χ4v) is 2.97. The van der Waals surface area contributed by atoms with Crippen molar-refractivity contribution in [2.24, 2.45) is 0 Å². The van der Waals surface area contributed by atoms with Crippen molar-refractivity contribution < 1.29 is 19.1 Å². The number of hydroxylamine groups is 2. The highest BCUT2D eigenvalue weighted by molar-refractivity contribution is 5.84. The van der Waals surface area contributed by atoms with Gasteiger partial charge < -0.3 is 14.3 Å². The third kappa shape index (κ3) is 4.04. The van der Waals surface area contributed by atoms with Crippen LogP contribution in [0.5, 0.6) is 11.5 Å². The molecule has 2 aliphatic rings. The highest BCUT2D eigenvalue weighted by atomic mass is 16.7. The smallest absolute Gasteiger partial charge is 0.430 e. The Bertz CT molecular complexity index is 763. The highest BCUT2D eigenvalue weighted by Crippen LogP contribution is 2.32. The van der Waals surface area contributed by atoms with Crippen LogP contribution in [0, 0.1) is 0 Å². The predicted molar refractivity (Wildman–Crippen MR) is 93.8 cm³/mol. The molecule has 8 heteroatoms. The number of amides is 1. The normalized spacial score (nSPS) is 17.1. The van der Waals surface area contributed by atoms with E-state index < -0.39 is 6.09 Å². The molecule has 0 radical (unpaired) electrons. The Labute approximate surface area is 151 Å². The Morgan fingerprint density at radius 3 is 2.65 bits per heavy atom. The summed E-state index contributed by atoms with van der Waals surface area (Å²) >= 11 is 0. The molecule has 0 saturated carbocycles. The minimum atomic E-state index is -0.486. The Hall–Kier alpha value is -2.84. The Morgan fingerprint density at radius 2 is 1.85 bits per heavy atom. The summed E-state index contributed by atoms with van der Waals surface area (Å²) in [5.74, 6) is 1.60. The Kier molecular flexibility index (Phi) is 4.85. The molecule has 1 aromatic heterocycles. The fourth-order valence-electron chi connectivity index (χ4n) is 2.97. The number of nitrogens with one attached hydrogen (secondary N) is 1. The van der Waals surface area contributed by atoms with Crippen molar-refractivity contribution in [1.82, 2.24) is 14.9 Å². The highest BCUT2D eigenvalue weighted by Gasteiger charge is 2.21. The minimum Gasteiger partial charge on any atom is -0.454 e. The van der Waals surface area contributed by atoms with E-state index in [-0.39, 0.29) is 6.79 Å². The summed E-state index contributed by atoms with van der Waals surface area (Å²) < 4.78 is 10.8. The lowest BCUT2D eigenvalue weighted by Crippen LogP contribution is -2.46. The van der Waals surface area contributed by atoms with Gasteiger partial charge in [0.25, 0.3) is 0 Å². The van der Waals surface area contributed by atoms with E-state index in [0.717, 1.165) is 31.1 Å². The molecule has 26 heavy (non-hydrogen) atoms. The molecule has 0 atom stereocenters. The number of fused-ring (bicyclic) bond motifs is 1. The molecule has 136 valence electrons. The number of ether oxygens (including phenoxy) is 2. The largest absolute Gasteiger partial charge is 0.454 e. The molecule has 4 rings (SSSR count). The Balaban J connectivity index is 1.23. The van der Waals surface area contributed by atoms with Gasteiger partial charge in [0.05, 0.1) is 0 Å². The average Bonchev–Trinajstić information content (AvgIpc) is 3.12. The second-order valence-corrected chi connectivity index (χ2v) is 6.13. The third-order valence-electron chi connectivity index (χ3n) is 4.31. The molecule has 1 saturated heterocycles. The molecule has 0 aliphatic carbocycles. The summed E-state index contributed by atoms with van der Waals surface area (Å²) in [7, 11) is 0. The molecule has 1 N–H and O–H groups in total. The van der Waals surface area contributed by atoms with Crippen LogP contribution in [0.2, 0.25) is 0 Å². The van der Waals surface area contributed by atoms with E-state index in [1.54, 1.807) is 29.6 Å². The van der Waals surface area contributed by atoms with Crippen molar-refractivity contribution >= 4 is 11.8 Å². The number of aromatic nitrogens is 1. The zero-order valence-corrected chi connectivity index (χ0v) is 14.3. The van der Waals surface area contributed by atoms with E-state index in [9.17, 15) is 4.79 Å². The molecule has 2 aromatic rings. The van der Waals surface area contributed by atoms with E-state index in [0.29, 0.717) is 18.8 Å². The number of hydrogen-bond acceptors (Lipinski definition) is 7. The lowest BCUT2D eigenvalue weighted by atomic mass is 10.2. The summed E-state index contributed by atoms with van der Waals surface area (Å²) in [5, 5.41) is 4.37. The summed E-state index contributed by atoms with van der Waals surface area (Å²) in [6.45, 7) is 4.07. The van der Waals surface area contributed by atoms with Gasteiger partial charge in [-0.15, -0.1) is 5.06 Å². The number of anilines is 1. The van der Waals surface area contributed by atoms with E-state index in [2.05, 4.69) is 21.3 Å². The summed E-state index contributed by atoms with van der Waals surface area (Å²) in [4.78, 5) is 23.5. The van der Waals surface area contributed by atoms with Crippen molar-refractivity contribution in [3.63, 3.8) is 0 Å². The van der Waals surface area contributed by atoms with E-state index >= 15 is 0 Å². The molecule has 1 fully saturated rings. The second-order valence-electron chi connectivity index (χ2n) is 6.13. The van der Waals surface area contributed by atoms with E-state index in [1.807, 2.05) is 12.1 Å². The van der Waals surface area contributed by atoms with Crippen molar-refractivity contribution in [2.75, 3.05) is 38.3 Å². The van der Waals surface area contributed by atoms with Crippen LogP contribution in [0.3, 0.4) is 0 Å². The number of carbonyl (C=O) groups is 1. The van der Waals surface area contributed by atoms with Crippen LogP contribution in [-0.2, 0) is 11.4 Å². The number of pyridine rings is 1. The third-order valence-corrected chi connectivity index (χ3v) is 4.31. The lowest BCUT2D eigenvalue weighted by molar-refractivity contribution is -0.119. The van der Waals surface area contributed by atoms with Crippen molar-refractivity contribution in [1.29, 1.82) is 0 Å². The van der Waals surface area contributed by atoms with Gasteiger partial charge in [0.1, 0.15) is 0 Å². The second kappa shape index (κ2) is 7.59. The maximum atomic E-state index is 11.9. The number of carbonyl (C=O) groups excluding carboxylic acids is 1. The van der Waals surface area contributed by atoms with Gasteiger partial charge in [-0.3, -0.25) is 15.2 Å². The molecule has 1 amide bonds. The number of benzene rings is 1. The van der Waals surface area contributed by atoms with Crippen LogP contribution >= 0.6 is 0 Å². The van der Waals surface area contributed by atoms with Crippen LogP contribution in [0.1, 0.15) is 5.56 Å². The van der Waals surface area contributed by atoms with Gasteiger partial charge in [0.2, 0.25) is 6.79 Å². The molecule has 1 aromatic carbocycles. The SMILES string of the molecule is O=C(Nc1ccncc1)ON1CCN(Cc2ccc3c(c2)OCO3)CC1. The fraction of sp³-hybridized carbons (Fsp3) is 0.333. The van der Waals surface area contributed by atoms with Gasteiger partial charge in [-0.1, -0.05) is 6.07 Å². The first-order chi connectivity index (χ1) is 12.8. The number of nitrogens with zero attached hydrogens (tertiary/aromatic N) is 3. The molecular weight excluding hydrogens is 336 g/mol.